The molecule has 0 rings (SSSR count). The fourth-order valence-electron chi connectivity index (χ4n) is 0. The summed E-state index contributed by atoms with van der Waals surface area (Å²) in [7, 11) is 0. The third-order valence-corrected chi connectivity index (χ3v) is 0.167. The van der Waals surface area contributed by atoms with Gasteiger partial charge < -0.3 is 0 Å². The summed E-state index contributed by atoms with van der Waals surface area (Å²) in [5, 5.41) is 0. The van der Waals surface area contributed by atoms with Crippen LogP contribution in [0.5, 0.6) is 0 Å². The van der Waals surface area contributed by atoms with E-state index >= 15 is 0 Å². The molecule has 0 N–H and O–H groups in total. The Morgan fingerprint density at radius 1 is 1.00 bits per heavy atom. The van der Waals surface area contributed by atoms with Crippen molar-refractivity contribution < 1.29 is 0 Å². The molecule has 0 aliphatic carbocycles. The van der Waals surface area contributed by atoms with E-state index < -0.39 is 0 Å². The molecule has 0 aliphatic heterocycles. The van der Waals surface area contributed by atoms with Gasteiger partial charge in [0.2, 0.25) is 0 Å². The molecule has 0 fully saturated rings. The van der Waals surface area contributed by atoms with Gasteiger partial charge in [-0.25, -0.2) is 0 Å². The van der Waals surface area contributed by atoms with Crippen LogP contribution in [0.15, 0.2) is 0 Å². The van der Waals surface area contributed by atoms with E-state index in [1.54, 1.807) is 13.6 Å². The molecule has 4 heavy (non-hydrogen) atoms. The van der Waals surface area contributed by atoms with Crippen molar-refractivity contribution in [1.29, 1.82) is 0 Å². The number of hydrogen-bond acceptors (Lipinski definition) is 0. The first kappa shape index (κ1) is 3.87. The Morgan fingerprint density at radius 3 is 1.25 bits per heavy atom. The van der Waals surface area contributed by atoms with Crippen molar-refractivity contribution in [2.75, 3.05) is 0 Å². The van der Waals surface area contributed by atoms with Crippen molar-refractivity contribution >= 4 is 26.6 Å². The summed E-state index contributed by atoms with van der Waals surface area (Å²) >= 11 is 0. The van der Waals surface area contributed by atoms with Gasteiger partial charge in [-0.2, -0.15) is 0 Å². The first-order valence-corrected chi connectivity index (χ1v) is 1.15. The van der Waals surface area contributed by atoms with Gasteiger partial charge in [0.1, 0.15) is 0 Å². The van der Waals surface area contributed by atoms with Gasteiger partial charge >= 0.3 is 26.6 Å². The molecule has 0 unspecified atom stereocenters. The van der Waals surface area contributed by atoms with Gasteiger partial charge in [-0.3, -0.25) is 0 Å². The zero-order valence-electron chi connectivity index (χ0n) is 2.57. The Bertz CT molecular complexity index is 25.0. The number of rotatable bonds is 1. The second-order valence-electron chi connectivity index (χ2n) is 0.471. The van der Waals surface area contributed by atoms with Gasteiger partial charge in [0, 0.05) is 0 Å². The van der Waals surface area contributed by atoms with E-state index in [0.29, 0.717) is 0 Å². The summed E-state index contributed by atoms with van der Waals surface area (Å²) in [5.41, 5.74) is 0. The van der Waals surface area contributed by atoms with E-state index in [1.165, 1.54) is 0 Å². The van der Waals surface area contributed by atoms with Crippen molar-refractivity contribution in [3.05, 3.63) is 0 Å². The number of hydrogen-bond donors (Lipinski definition) is 0. The summed E-state index contributed by atoms with van der Waals surface area (Å²) in [6.45, 7) is 10.0. The molecule has 0 amide bonds. The monoisotopic (exact) mass is 50.0 g/mol. The summed E-state index contributed by atoms with van der Waals surface area (Å²) in [5.74, 6) is 0. The normalized spacial score (nSPS) is 3.00. The third-order valence-electron chi connectivity index (χ3n) is 0.167. The van der Waals surface area contributed by atoms with E-state index in [1.807, 2.05) is 0 Å². The van der Waals surface area contributed by atoms with Crippen LogP contribution in [0.25, 0.3) is 0 Å². The van der Waals surface area contributed by atoms with Crippen molar-refractivity contribution in [3.8, 4) is 0 Å². The first-order valence-electron chi connectivity index (χ1n) is 1.15. The maximum atomic E-state index is 3.36. The summed E-state index contributed by atoms with van der Waals surface area (Å²) in [6.07, 6.45) is 0. The van der Waals surface area contributed by atoms with Crippen LogP contribution in [0.2, 0.25) is 0 Å². The van der Waals surface area contributed by atoms with E-state index in [4.69, 9.17) is 0 Å². The van der Waals surface area contributed by atoms with Gasteiger partial charge in [0.15, 0.2) is 0 Å². The van der Waals surface area contributed by atoms with Crippen molar-refractivity contribution in [1.82, 2.24) is 0 Å². The van der Waals surface area contributed by atoms with Crippen LogP contribution >= 0.6 is 0 Å². The molecular formula is C2H4B2. The fourth-order valence-corrected chi connectivity index (χ4v) is 0. The van der Waals surface area contributed by atoms with Crippen LogP contribution < -0.4 is 0 Å². The van der Waals surface area contributed by atoms with Crippen molar-refractivity contribution in [2.24, 2.45) is 0 Å². The van der Waals surface area contributed by atoms with Crippen LogP contribution in [0.1, 0.15) is 0 Å². The second-order valence-corrected chi connectivity index (χ2v) is 0.471. The average molecular weight is 49.7 g/mol. The second kappa shape index (κ2) is 2.87. The van der Waals surface area contributed by atoms with Gasteiger partial charge in [-0.15, -0.1) is 0 Å². The topological polar surface area (TPSA) is 0 Å². The van der Waals surface area contributed by atoms with Crippen molar-refractivity contribution in [3.63, 3.8) is 0 Å². The standard InChI is InChI=1S/C2H4B2/c1-3-4-2/h1-2H2. The molecule has 0 saturated carbocycles. The quantitative estimate of drug-likeness (QED) is 0.340. The van der Waals surface area contributed by atoms with Crippen LogP contribution in [0, 0.1) is 0 Å². The SMILES string of the molecule is C=BB=C. The van der Waals surface area contributed by atoms with E-state index in [-0.39, 0.29) is 0 Å². The Labute approximate surface area is 27.6 Å². The molecule has 0 saturated heterocycles. The molecule has 0 spiro atoms. The minimum atomic E-state index is 1.64. The zero-order chi connectivity index (χ0) is 3.41. The molecule has 2 heteroatoms. The molecule has 0 bridgehead atoms. The third kappa shape index (κ3) is 1.87. The van der Waals surface area contributed by atoms with Gasteiger partial charge in [-0.05, 0) is 0 Å². The molecule has 0 aliphatic rings. The maximum absolute atomic E-state index is 3.36. The van der Waals surface area contributed by atoms with E-state index in [2.05, 4.69) is 12.9 Å². The molecule has 0 aromatic heterocycles. The zero-order valence-corrected chi connectivity index (χ0v) is 2.57. The van der Waals surface area contributed by atoms with Crippen LogP contribution in [-0.2, 0) is 0 Å². The molecule has 0 radical (unpaired) electrons. The minimum absolute atomic E-state index is 1.64. The molecule has 0 atom stereocenters. The Kier molecular flexibility index (Phi) is 2.78. The van der Waals surface area contributed by atoms with Crippen LogP contribution in [0.4, 0.5) is 0 Å². The molecule has 0 heterocycles. The van der Waals surface area contributed by atoms with Gasteiger partial charge in [-0.1, -0.05) is 0 Å². The van der Waals surface area contributed by atoms with Gasteiger partial charge in [0.05, 0.1) is 0 Å². The predicted molar refractivity (Wildman–Crippen MR) is 25.7 cm³/mol. The Hall–Kier alpha value is -0.130. The van der Waals surface area contributed by atoms with Crippen LogP contribution in [0.3, 0.4) is 0 Å². The molecular weight excluding hydrogens is 45.6 g/mol. The van der Waals surface area contributed by atoms with E-state index in [9.17, 15) is 0 Å². The van der Waals surface area contributed by atoms with Crippen molar-refractivity contribution in [2.45, 2.75) is 0 Å². The summed E-state index contributed by atoms with van der Waals surface area (Å²) < 4.78 is 0. The van der Waals surface area contributed by atoms with Gasteiger partial charge in [0.25, 0.3) is 0 Å². The summed E-state index contributed by atoms with van der Waals surface area (Å²) in [6, 6.07) is 0. The van der Waals surface area contributed by atoms with E-state index in [0.717, 1.165) is 0 Å². The molecule has 18 valence electrons. The molecule has 0 aromatic carbocycles. The first-order chi connectivity index (χ1) is 1.91. The average Bonchev–Trinajstić information content (AvgIpc) is 1.37. The molecule has 0 aromatic rings. The predicted octanol–water partition coefficient (Wildman–Crippen LogP) is -0.826. The fraction of sp³-hybridized carbons (Fsp3) is 0. The Balaban J connectivity index is 2.73. The van der Waals surface area contributed by atoms with Crippen LogP contribution in [-0.4, -0.2) is 26.6 Å². The molecule has 0 nitrogen and oxygen atoms in total. The summed E-state index contributed by atoms with van der Waals surface area (Å²) in [4.78, 5) is 0. The Morgan fingerprint density at radius 2 is 1.25 bits per heavy atom.